The summed E-state index contributed by atoms with van der Waals surface area (Å²) in [6.45, 7) is 2.83. The lowest BCUT2D eigenvalue weighted by molar-refractivity contribution is -0.143. The lowest BCUT2D eigenvalue weighted by Gasteiger charge is -2.29. The third-order valence-electron chi connectivity index (χ3n) is 4.01. The molecular formula is C16H22N2O3. The van der Waals surface area contributed by atoms with Crippen LogP contribution in [-0.2, 0) is 9.59 Å². The summed E-state index contributed by atoms with van der Waals surface area (Å²) >= 11 is 0. The first-order valence-corrected chi connectivity index (χ1v) is 7.43. The molecule has 1 heterocycles. The molecule has 1 saturated heterocycles. The summed E-state index contributed by atoms with van der Waals surface area (Å²) in [5, 5.41) is 15.4. The van der Waals surface area contributed by atoms with Gasteiger partial charge in [-0.2, -0.15) is 0 Å². The van der Waals surface area contributed by atoms with E-state index in [9.17, 15) is 14.7 Å². The van der Waals surface area contributed by atoms with Crippen molar-refractivity contribution in [1.29, 1.82) is 0 Å². The van der Waals surface area contributed by atoms with Gasteiger partial charge in [0, 0.05) is 0 Å². The van der Waals surface area contributed by atoms with E-state index >= 15 is 0 Å². The number of hydrogen-bond acceptors (Lipinski definition) is 3. The van der Waals surface area contributed by atoms with Gasteiger partial charge >= 0.3 is 5.97 Å². The molecular weight excluding hydrogens is 268 g/mol. The van der Waals surface area contributed by atoms with Crippen LogP contribution in [-0.4, -0.2) is 29.1 Å². The Kier molecular flexibility index (Phi) is 4.96. The average molecular weight is 290 g/mol. The minimum atomic E-state index is -1.04. The summed E-state index contributed by atoms with van der Waals surface area (Å²) in [6, 6.07) is 7.79. The van der Waals surface area contributed by atoms with Crippen molar-refractivity contribution in [3.63, 3.8) is 0 Å². The maximum absolute atomic E-state index is 12.6. The molecule has 0 radical (unpaired) electrons. The molecule has 2 rings (SSSR count). The van der Waals surface area contributed by atoms with Crippen molar-refractivity contribution in [1.82, 2.24) is 10.6 Å². The fraction of sp³-hybridized carbons (Fsp3) is 0.500. The predicted octanol–water partition coefficient (Wildman–Crippen LogP) is 1.85. The van der Waals surface area contributed by atoms with Crippen LogP contribution in [0, 0.1) is 0 Å². The van der Waals surface area contributed by atoms with Crippen LogP contribution in [0.1, 0.15) is 44.2 Å². The molecule has 1 aliphatic rings. The maximum atomic E-state index is 12.6. The molecule has 3 N–H and O–H groups in total. The number of amides is 1. The smallest absolute Gasteiger partial charge is 0.330 e. The highest BCUT2D eigenvalue weighted by Crippen LogP contribution is 2.26. The van der Waals surface area contributed by atoms with Gasteiger partial charge in [-0.25, -0.2) is 4.79 Å². The zero-order valence-electron chi connectivity index (χ0n) is 12.3. The Hall–Kier alpha value is -1.88. The van der Waals surface area contributed by atoms with E-state index < -0.39 is 17.6 Å². The molecule has 5 nitrogen and oxygen atoms in total. The Balaban J connectivity index is 2.17. The molecule has 0 spiro atoms. The van der Waals surface area contributed by atoms with Gasteiger partial charge in [0.2, 0.25) is 5.91 Å². The molecule has 1 unspecified atom stereocenters. The summed E-state index contributed by atoms with van der Waals surface area (Å²) in [5.41, 5.74) is -0.0278. The van der Waals surface area contributed by atoms with Crippen LogP contribution in [0.15, 0.2) is 30.3 Å². The van der Waals surface area contributed by atoms with Gasteiger partial charge in [-0.3, -0.25) is 4.79 Å². The van der Waals surface area contributed by atoms with Crippen molar-refractivity contribution < 1.29 is 14.7 Å². The van der Waals surface area contributed by atoms with Crippen molar-refractivity contribution in [3.05, 3.63) is 35.9 Å². The van der Waals surface area contributed by atoms with E-state index in [2.05, 4.69) is 10.6 Å². The highest BCUT2D eigenvalue weighted by molar-refractivity contribution is 5.90. The Bertz CT molecular complexity index is 496. The van der Waals surface area contributed by atoms with Gasteiger partial charge in [-0.05, 0) is 31.4 Å². The average Bonchev–Trinajstić information content (AvgIpc) is 2.95. The van der Waals surface area contributed by atoms with Crippen molar-refractivity contribution >= 4 is 11.9 Å². The minimum Gasteiger partial charge on any atom is -0.479 e. The number of nitrogens with one attached hydrogen (secondary N) is 2. The van der Waals surface area contributed by atoms with Crippen molar-refractivity contribution in [2.75, 3.05) is 6.54 Å². The van der Waals surface area contributed by atoms with Gasteiger partial charge in [0.1, 0.15) is 0 Å². The molecule has 1 aromatic carbocycles. The normalized spacial score (nSPS) is 22.7. The molecule has 1 amide bonds. The molecule has 21 heavy (non-hydrogen) atoms. The second-order valence-corrected chi connectivity index (χ2v) is 5.52. The molecule has 1 aliphatic heterocycles. The second kappa shape index (κ2) is 6.72. The molecule has 0 bridgehead atoms. The summed E-state index contributed by atoms with van der Waals surface area (Å²) in [5.74, 6) is -1.25. The Labute approximate surface area is 124 Å². The Morgan fingerprint density at radius 3 is 2.62 bits per heavy atom. The molecule has 5 heteroatoms. The number of rotatable bonds is 6. The Morgan fingerprint density at radius 2 is 2.10 bits per heavy atom. The molecule has 2 atom stereocenters. The predicted molar refractivity (Wildman–Crippen MR) is 79.8 cm³/mol. The molecule has 0 saturated carbocycles. The quantitative estimate of drug-likeness (QED) is 0.747. The van der Waals surface area contributed by atoms with Crippen LogP contribution < -0.4 is 10.6 Å². The lowest BCUT2D eigenvalue weighted by Crippen LogP contribution is -2.54. The van der Waals surface area contributed by atoms with Crippen LogP contribution in [0.5, 0.6) is 0 Å². The zero-order valence-corrected chi connectivity index (χ0v) is 12.3. The van der Waals surface area contributed by atoms with Gasteiger partial charge in [0.15, 0.2) is 6.04 Å². The largest absolute Gasteiger partial charge is 0.479 e. The van der Waals surface area contributed by atoms with Crippen LogP contribution in [0.4, 0.5) is 0 Å². The zero-order chi connectivity index (χ0) is 15.3. The summed E-state index contributed by atoms with van der Waals surface area (Å²) in [6.07, 6.45) is 3.30. The first kappa shape index (κ1) is 15.5. The van der Waals surface area contributed by atoms with Crippen LogP contribution in [0.2, 0.25) is 0 Å². The van der Waals surface area contributed by atoms with Gasteiger partial charge in [0.25, 0.3) is 0 Å². The first-order valence-electron chi connectivity index (χ1n) is 7.43. The van der Waals surface area contributed by atoms with Gasteiger partial charge in [-0.1, -0.05) is 43.7 Å². The number of carbonyl (C=O) groups excluding carboxylic acids is 1. The Morgan fingerprint density at radius 1 is 1.38 bits per heavy atom. The third-order valence-corrected chi connectivity index (χ3v) is 4.01. The molecule has 1 fully saturated rings. The molecule has 114 valence electrons. The van der Waals surface area contributed by atoms with E-state index in [0.717, 1.165) is 32.2 Å². The highest BCUT2D eigenvalue weighted by atomic mass is 16.4. The van der Waals surface area contributed by atoms with E-state index in [1.165, 1.54) is 0 Å². The molecule has 1 aromatic rings. The van der Waals surface area contributed by atoms with Crippen molar-refractivity contribution in [3.8, 4) is 0 Å². The topological polar surface area (TPSA) is 78.4 Å². The number of carboxylic acid groups (broad SMARTS) is 1. The van der Waals surface area contributed by atoms with E-state index in [1.54, 1.807) is 24.3 Å². The number of carbonyl (C=O) groups is 2. The van der Waals surface area contributed by atoms with Crippen LogP contribution in [0.3, 0.4) is 0 Å². The molecule has 0 aliphatic carbocycles. The third kappa shape index (κ3) is 3.42. The SMILES string of the molecule is CCCC1(C(=O)N[C@@H](C(=O)O)c2ccccc2)CCCN1. The van der Waals surface area contributed by atoms with Gasteiger partial charge in [0.05, 0.1) is 5.54 Å². The van der Waals surface area contributed by atoms with E-state index in [0.29, 0.717) is 5.56 Å². The van der Waals surface area contributed by atoms with Gasteiger partial charge in [-0.15, -0.1) is 0 Å². The van der Waals surface area contributed by atoms with Crippen molar-refractivity contribution in [2.24, 2.45) is 0 Å². The maximum Gasteiger partial charge on any atom is 0.330 e. The highest BCUT2D eigenvalue weighted by Gasteiger charge is 2.41. The van der Waals surface area contributed by atoms with E-state index in [4.69, 9.17) is 0 Å². The van der Waals surface area contributed by atoms with Crippen LogP contribution in [0.25, 0.3) is 0 Å². The fourth-order valence-corrected chi connectivity index (χ4v) is 2.96. The second-order valence-electron chi connectivity index (χ2n) is 5.52. The number of aliphatic carboxylic acids is 1. The van der Waals surface area contributed by atoms with E-state index in [-0.39, 0.29) is 5.91 Å². The van der Waals surface area contributed by atoms with Gasteiger partial charge < -0.3 is 15.7 Å². The number of carboxylic acids is 1. The standard InChI is InChI=1S/C16H22N2O3/c1-2-9-16(10-6-11-17-16)15(21)18-13(14(19)20)12-7-4-3-5-8-12/h3-5,7-8,13,17H,2,6,9-11H2,1H3,(H,18,21)(H,19,20)/t13-,16?/m1/s1. The first-order chi connectivity index (χ1) is 10.1. The van der Waals surface area contributed by atoms with Crippen LogP contribution >= 0.6 is 0 Å². The van der Waals surface area contributed by atoms with E-state index in [1.807, 2.05) is 13.0 Å². The summed E-state index contributed by atoms with van der Waals surface area (Å²) < 4.78 is 0. The monoisotopic (exact) mass is 290 g/mol. The fourth-order valence-electron chi connectivity index (χ4n) is 2.96. The summed E-state index contributed by atoms with van der Waals surface area (Å²) in [7, 11) is 0. The number of benzene rings is 1. The van der Waals surface area contributed by atoms with Crippen molar-refractivity contribution in [2.45, 2.75) is 44.2 Å². The summed E-state index contributed by atoms with van der Waals surface area (Å²) in [4.78, 5) is 24.1. The lowest BCUT2D eigenvalue weighted by atomic mass is 9.90. The molecule has 0 aromatic heterocycles. The number of hydrogen-bond donors (Lipinski definition) is 3. The minimum absolute atomic E-state index is 0.210.